The van der Waals surface area contributed by atoms with Crippen LogP contribution in [0.2, 0.25) is 5.02 Å². The molecule has 2 aromatic rings. The molecule has 6 heteroatoms. The summed E-state index contributed by atoms with van der Waals surface area (Å²) in [4.78, 5) is 26.5. The number of hydrogen-bond acceptors (Lipinski definition) is 3. The number of anilines is 1. The first kappa shape index (κ1) is 17.4. The summed E-state index contributed by atoms with van der Waals surface area (Å²) in [6.45, 7) is 0. The predicted molar refractivity (Wildman–Crippen MR) is 95.3 cm³/mol. The van der Waals surface area contributed by atoms with E-state index >= 15 is 0 Å². The van der Waals surface area contributed by atoms with Gasteiger partial charge in [0.15, 0.2) is 0 Å². The van der Waals surface area contributed by atoms with Gasteiger partial charge in [-0.2, -0.15) is 0 Å². The first-order valence-corrected chi connectivity index (χ1v) is 8.32. The minimum atomic E-state index is -0.229. The molecular weight excluding hydrogens is 332 g/mol. The fourth-order valence-electron chi connectivity index (χ4n) is 1.81. The number of halogens is 1. The van der Waals surface area contributed by atoms with E-state index in [0.29, 0.717) is 16.3 Å². The van der Waals surface area contributed by atoms with Crippen LogP contribution in [0.3, 0.4) is 0 Å². The van der Waals surface area contributed by atoms with E-state index in [0.717, 1.165) is 4.90 Å². The van der Waals surface area contributed by atoms with E-state index in [4.69, 9.17) is 11.6 Å². The Morgan fingerprint density at radius 1 is 1.13 bits per heavy atom. The van der Waals surface area contributed by atoms with E-state index in [-0.39, 0.29) is 17.6 Å². The van der Waals surface area contributed by atoms with E-state index in [1.807, 2.05) is 12.1 Å². The normalized spacial score (nSPS) is 10.2. The lowest BCUT2D eigenvalue weighted by Gasteiger charge is -2.12. The molecule has 0 saturated carbocycles. The molecule has 1 N–H and O–H groups in total. The van der Waals surface area contributed by atoms with Crippen molar-refractivity contribution in [2.24, 2.45) is 0 Å². The van der Waals surface area contributed by atoms with Crippen LogP contribution in [0, 0.1) is 0 Å². The molecule has 0 heterocycles. The number of rotatable bonds is 5. The van der Waals surface area contributed by atoms with Crippen molar-refractivity contribution in [1.29, 1.82) is 0 Å². The van der Waals surface area contributed by atoms with Gasteiger partial charge in [-0.25, -0.2) is 0 Å². The second-order valence-corrected chi connectivity index (χ2v) is 6.49. The van der Waals surface area contributed by atoms with Crippen molar-refractivity contribution in [2.75, 3.05) is 25.2 Å². The summed E-state index contributed by atoms with van der Waals surface area (Å²) in [6, 6.07) is 14.2. The second kappa shape index (κ2) is 8.04. The molecular formula is C17H17ClN2O2S. The van der Waals surface area contributed by atoms with Gasteiger partial charge in [0.2, 0.25) is 5.91 Å². The molecule has 0 fully saturated rings. The molecule has 0 spiro atoms. The number of benzene rings is 2. The maximum Gasteiger partial charge on any atom is 0.256 e. The van der Waals surface area contributed by atoms with Crippen LogP contribution in [0.25, 0.3) is 0 Å². The zero-order chi connectivity index (χ0) is 16.8. The van der Waals surface area contributed by atoms with E-state index in [1.54, 1.807) is 50.5 Å². The molecule has 0 aliphatic heterocycles. The smallest absolute Gasteiger partial charge is 0.256 e. The molecule has 0 radical (unpaired) electrons. The molecule has 120 valence electrons. The van der Waals surface area contributed by atoms with Crippen LogP contribution in [0.15, 0.2) is 53.4 Å². The first-order valence-electron chi connectivity index (χ1n) is 6.96. The third kappa shape index (κ3) is 5.01. The van der Waals surface area contributed by atoms with Crippen LogP contribution in [-0.4, -0.2) is 36.6 Å². The summed E-state index contributed by atoms with van der Waals surface area (Å²) >= 11 is 7.27. The van der Waals surface area contributed by atoms with E-state index < -0.39 is 0 Å². The quantitative estimate of drug-likeness (QED) is 0.837. The Kier molecular flexibility index (Phi) is 6.07. The van der Waals surface area contributed by atoms with Crippen molar-refractivity contribution in [3.8, 4) is 0 Å². The Balaban J connectivity index is 2.12. The highest BCUT2D eigenvalue weighted by atomic mass is 35.5. The maximum atomic E-state index is 12.5. The average Bonchev–Trinajstić information content (AvgIpc) is 2.52. The van der Waals surface area contributed by atoms with Crippen LogP contribution in [0.4, 0.5) is 5.69 Å². The number of nitrogens with zero attached hydrogens (tertiary/aromatic N) is 1. The fourth-order valence-corrected chi connectivity index (χ4v) is 3.03. The van der Waals surface area contributed by atoms with Gasteiger partial charge in [0, 0.05) is 29.7 Å². The van der Waals surface area contributed by atoms with Gasteiger partial charge in [-0.1, -0.05) is 29.8 Å². The molecule has 0 aliphatic carbocycles. The van der Waals surface area contributed by atoms with Gasteiger partial charge in [-0.05, 0) is 30.3 Å². The van der Waals surface area contributed by atoms with Crippen LogP contribution >= 0.6 is 23.4 Å². The Bertz CT molecular complexity index is 719. The summed E-state index contributed by atoms with van der Waals surface area (Å²) in [7, 11) is 3.42. The number of hydrogen-bond donors (Lipinski definition) is 1. The minimum absolute atomic E-state index is 0.0000485. The molecule has 2 aromatic carbocycles. The summed E-state index contributed by atoms with van der Waals surface area (Å²) in [6.07, 6.45) is 0. The van der Waals surface area contributed by atoms with Crippen LogP contribution in [0.1, 0.15) is 10.4 Å². The van der Waals surface area contributed by atoms with Gasteiger partial charge in [-0.15, -0.1) is 11.8 Å². The molecule has 0 unspecified atom stereocenters. The highest BCUT2D eigenvalue weighted by molar-refractivity contribution is 8.00. The summed E-state index contributed by atoms with van der Waals surface area (Å²) in [5.41, 5.74) is 1.16. The van der Waals surface area contributed by atoms with Crippen molar-refractivity contribution in [3.63, 3.8) is 0 Å². The molecule has 0 aromatic heterocycles. The standard InChI is InChI=1S/C17H17ClN2O2S/c1-20(2)16(21)11-23-15-9-4-3-8-14(15)17(22)19-13-7-5-6-12(18)10-13/h3-10H,11H2,1-2H3,(H,19,22). The molecule has 0 aliphatic rings. The van der Waals surface area contributed by atoms with Crippen molar-refractivity contribution in [2.45, 2.75) is 4.90 Å². The molecule has 2 rings (SSSR count). The topological polar surface area (TPSA) is 49.4 Å². The van der Waals surface area contributed by atoms with Crippen molar-refractivity contribution in [1.82, 2.24) is 4.90 Å². The van der Waals surface area contributed by atoms with E-state index in [1.165, 1.54) is 16.7 Å². The predicted octanol–water partition coefficient (Wildman–Crippen LogP) is 3.77. The largest absolute Gasteiger partial charge is 0.348 e. The molecule has 0 bridgehead atoms. The van der Waals surface area contributed by atoms with Gasteiger partial charge >= 0.3 is 0 Å². The van der Waals surface area contributed by atoms with Crippen LogP contribution in [0.5, 0.6) is 0 Å². The molecule has 2 amide bonds. The Hall–Kier alpha value is -1.98. The van der Waals surface area contributed by atoms with Crippen molar-refractivity contribution < 1.29 is 9.59 Å². The summed E-state index contributed by atoms with van der Waals surface area (Å²) < 4.78 is 0. The minimum Gasteiger partial charge on any atom is -0.348 e. The molecule has 0 atom stereocenters. The lowest BCUT2D eigenvalue weighted by molar-refractivity contribution is -0.125. The van der Waals surface area contributed by atoms with Crippen LogP contribution < -0.4 is 5.32 Å². The van der Waals surface area contributed by atoms with Gasteiger partial charge in [-0.3, -0.25) is 9.59 Å². The zero-order valence-corrected chi connectivity index (χ0v) is 14.4. The van der Waals surface area contributed by atoms with Gasteiger partial charge in [0.25, 0.3) is 5.91 Å². The Morgan fingerprint density at radius 2 is 1.87 bits per heavy atom. The molecule has 0 saturated heterocycles. The SMILES string of the molecule is CN(C)C(=O)CSc1ccccc1C(=O)Nc1cccc(Cl)c1. The van der Waals surface area contributed by atoms with Gasteiger partial charge in [0.1, 0.15) is 0 Å². The number of carbonyl (C=O) groups is 2. The summed E-state index contributed by atoms with van der Waals surface area (Å²) in [5, 5.41) is 3.38. The highest BCUT2D eigenvalue weighted by Crippen LogP contribution is 2.24. The van der Waals surface area contributed by atoms with E-state index in [2.05, 4.69) is 5.32 Å². The third-order valence-corrected chi connectivity index (χ3v) is 4.36. The van der Waals surface area contributed by atoms with E-state index in [9.17, 15) is 9.59 Å². The van der Waals surface area contributed by atoms with Crippen LogP contribution in [-0.2, 0) is 4.79 Å². The third-order valence-electron chi connectivity index (χ3n) is 3.06. The average molecular weight is 349 g/mol. The lowest BCUT2D eigenvalue weighted by Crippen LogP contribution is -2.23. The highest BCUT2D eigenvalue weighted by Gasteiger charge is 2.13. The zero-order valence-electron chi connectivity index (χ0n) is 12.9. The number of amides is 2. The maximum absolute atomic E-state index is 12.5. The first-order chi connectivity index (χ1) is 11.0. The Labute approximate surface area is 144 Å². The van der Waals surface area contributed by atoms with Crippen molar-refractivity contribution in [3.05, 3.63) is 59.1 Å². The molecule has 4 nitrogen and oxygen atoms in total. The van der Waals surface area contributed by atoms with Gasteiger partial charge < -0.3 is 10.2 Å². The number of thioether (sulfide) groups is 1. The second-order valence-electron chi connectivity index (χ2n) is 5.04. The monoisotopic (exact) mass is 348 g/mol. The number of nitrogens with one attached hydrogen (secondary N) is 1. The van der Waals surface area contributed by atoms with Gasteiger partial charge in [0.05, 0.1) is 11.3 Å². The number of carbonyl (C=O) groups excluding carboxylic acids is 2. The van der Waals surface area contributed by atoms with Crippen molar-refractivity contribution >= 4 is 40.9 Å². The molecule has 23 heavy (non-hydrogen) atoms. The summed E-state index contributed by atoms with van der Waals surface area (Å²) in [5.74, 6) is 0.0572. The Morgan fingerprint density at radius 3 is 2.57 bits per heavy atom. The lowest BCUT2D eigenvalue weighted by atomic mass is 10.2. The fraction of sp³-hybridized carbons (Fsp3) is 0.176.